The number of benzene rings is 3. The van der Waals surface area contributed by atoms with E-state index < -0.39 is 11.9 Å². The lowest BCUT2D eigenvalue weighted by atomic mass is 9.83. The highest BCUT2D eigenvalue weighted by Gasteiger charge is 2.31. The Labute approximate surface area is 210 Å². The second-order valence-corrected chi connectivity index (χ2v) is 8.06. The number of nitriles is 1. The zero-order valence-corrected chi connectivity index (χ0v) is 19.9. The number of allylic oxidation sites excluding steroid dienone is 1. The van der Waals surface area contributed by atoms with Gasteiger partial charge in [-0.15, -0.1) is 0 Å². The van der Waals surface area contributed by atoms with Crippen molar-refractivity contribution in [2.24, 2.45) is 5.73 Å². The van der Waals surface area contributed by atoms with Gasteiger partial charge >= 0.3 is 5.97 Å². The first-order chi connectivity index (χ1) is 17.5. The Kier molecular flexibility index (Phi) is 7.57. The van der Waals surface area contributed by atoms with Crippen molar-refractivity contribution in [2.45, 2.75) is 19.3 Å². The zero-order valence-electron chi connectivity index (χ0n) is 19.9. The third kappa shape index (κ3) is 5.50. The lowest BCUT2D eigenvalue weighted by Crippen LogP contribution is -2.21. The molecule has 0 bridgehead atoms. The van der Waals surface area contributed by atoms with Crippen LogP contribution in [0.1, 0.15) is 29.5 Å². The van der Waals surface area contributed by atoms with E-state index in [4.69, 9.17) is 24.7 Å². The van der Waals surface area contributed by atoms with Crippen molar-refractivity contribution in [3.05, 3.63) is 108 Å². The summed E-state index contributed by atoms with van der Waals surface area (Å²) in [6.07, 6.45) is 2.58. The van der Waals surface area contributed by atoms with Gasteiger partial charge in [0.05, 0.1) is 5.92 Å². The molecule has 182 valence electrons. The molecule has 1 heterocycles. The highest BCUT2D eigenvalue weighted by atomic mass is 16.6. The smallest absolute Gasteiger partial charge is 0.349 e. The highest BCUT2D eigenvalue weighted by molar-refractivity contribution is 5.74. The molecule has 1 unspecified atom stereocenters. The first kappa shape index (κ1) is 24.4. The van der Waals surface area contributed by atoms with E-state index in [-0.39, 0.29) is 23.8 Å². The molecule has 0 saturated heterocycles. The summed E-state index contributed by atoms with van der Waals surface area (Å²) < 4.78 is 22.3. The SMILES string of the molecule is C=CCOc1cccc(C2C(C#N)=C(N)Oc3cc(OC(=O)COc4ccc(CC)cc4)ccc32)c1. The fourth-order valence-corrected chi connectivity index (χ4v) is 3.91. The Bertz CT molecular complexity index is 1340. The van der Waals surface area contributed by atoms with Crippen LogP contribution in [0.2, 0.25) is 0 Å². The van der Waals surface area contributed by atoms with Crippen molar-refractivity contribution < 1.29 is 23.7 Å². The van der Waals surface area contributed by atoms with E-state index in [9.17, 15) is 10.1 Å². The van der Waals surface area contributed by atoms with E-state index >= 15 is 0 Å². The molecule has 0 radical (unpaired) electrons. The zero-order chi connectivity index (χ0) is 25.5. The molecule has 1 atom stereocenters. The van der Waals surface area contributed by atoms with Crippen LogP contribution in [0.25, 0.3) is 0 Å². The average Bonchev–Trinajstić information content (AvgIpc) is 2.90. The number of fused-ring (bicyclic) bond motifs is 1. The maximum Gasteiger partial charge on any atom is 0.349 e. The lowest BCUT2D eigenvalue weighted by molar-refractivity contribution is -0.136. The molecule has 2 N–H and O–H groups in total. The number of nitrogens with zero attached hydrogens (tertiary/aromatic N) is 1. The first-order valence-corrected chi connectivity index (χ1v) is 11.5. The van der Waals surface area contributed by atoms with E-state index in [1.165, 1.54) is 5.56 Å². The summed E-state index contributed by atoms with van der Waals surface area (Å²) in [5, 5.41) is 9.79. The maximum absolute atomic E-state index is 12.4. The summed E-state index contributed by atoms with van der Waals surface area (Å²) in [7, 11) is 0. The Morgan fingerprint density at radius 1 is 1.08 bits per heavy atom. The van der Waals surface area contributed by atoms with Gasteiger partial charge in [-0.2, -0.15) is 5.26 Å². The van der Waals surface area contributed by atoms with Crippen LogP contribution in [0.4, 0.5) is 0 Å². The minimum absolute atomic E-state index is 0.00486. The molecule has 3 aromatic carbocycles. The van der Waals surface area contributed by atoms with Crippen LogP contribution in [-0.4, -0.2) is 19.2 Å². The van der Waals surface area contributed by atoms with Gasteiger partial charge in [0.2, 0.25) is 5.88 Å². The highest BCUT2D eigenvalue weighted by Crippen LogP contribution is 2.44. The van der Waals surface area contributed by atoms with Crippen LogP contribution < -0.4 is 24.7 Å². The molecule has 0 aliphatic carbocycles. The molecule has 4 rings (SSSR count). The van der Waals surface area contributed by atoms with Crippen molar-refractivity contribution in [2.75, 3.05) is 13.2 Å². The summed E-state index contributed by atoms with van der Waals surface area (Å²) in [5.74, 6) is 0.873. The predicted octanol–water partition coefficient (Wildman–Crippen LogP) is 5.02. The monoisotopic (exact) mass is 482 g/mol. The van der Waals surface area contributed by atoms with Crippen molar-refractivity contribution in [3.63, 3.8) is 0 Å². The molecule has 0 aromatic heterocycles. The molecule has 3 aromatic rings. The molecule has 7 heteroatoms. The molecule has 0 amide bonds. The number of hydrogen-bond donors (Lipinski definition) is 1. The Morgan fingerprint density at radius 3 is 2.58 bits per heavy atom. The second-order valence-electron chi connectivity index (χ2n) is 8.06. The quantitative estimate of drug-likeness (QED) is 0.260. The van der Waals surface area contributed by atoms with Gasteiger partial charge < -0.3 is 24.7 Å². The number of ether oxygens (including phenoxy) is 4. The van der Waals surface area contributed by atoms with E-state index in [0.717, 1.165) is 12.0 Å². The lowest BCUT2D eigenvalue weighted by Gasteiger charge is -2.27. The van der Waals surface area contributed by atoms with Crippen LogP contribution in [-0.2, 0) is 11.2 Å². The fraction of sp³-hybridized carbons (Fsp3) is 0.172. The molecule has 1 aliphatic rings. The normalized spacial score (nSPS) is 14.2. The summed E-state index contributed by atoms with van der Waals surface area (Å²) in [6, 6.07) is 22.1. The number of carbonyl (C=O) groups excluding carboxylic acids is 1. The molecular formula is C29H26N2O5. The van der Waals surface area contributed by atoms with Crippen LogP contribution >= 0.6 is 0 Å². The molecule has 36 heavy (non-hydrogen) atoms. The second kappa shape index (κ2) is 11.2. The van der Waals surface area contributed by atoms with Gasteiger partial charge in [0.25, 0.3) is 0 Å². The number of aryl methyl sites for hydroxylation is 1. The van der Waals surface area contributed by atoms with Gasteiger partial charge in [0.1, 0.15) is 41.2 Å². The Morgan fingerprint density at radius 2 is 1.86 bits per heavy atom. The number of hydrogen-bond acceptors (Lipinski definition) is 7. The van der Waals surface area contributed by atoms with Crippen LogP contribution in [0.3, 0.4) is 0 Å². The average molecular weight is 483 g/mol. The third-order valence-electron chi connectivity index (χ3n) is 5.67. The molecular weight excluding hydrogens is 456 g/mol. The standard InChI is InChI=1S/C29H26N2O5/c1-3-14-33-22-7-5-6-20(15-22)28-24-13-12-23(16-26(24)36-29(31)25(28)17-30)35-27(32)18-34-21-10-8-19(4-2)9-11-21/h3,5-13,15-16,28H,1,4,14,18,31H2,2H3. The van der Waals surface area contributed by atoms with Crippen molar-refractivity contribution in [1.29, 1.82) is 5.26 Å². The van der Waals surface area contributed by atoms with Gasteiger partial charge in [-0.05, 0) is 47.9 Å². The maximum atomic E-state index is 12.4. The summed E-state index contributed by atoms with van der Waals surface area (Å²) in [5.41, 5.74) is 9.10. The molecule has 0 spiro atoms. The van der Waals surface area contributed by atoms with Gasteiger partial charge in [-0.3, -0.25) is 0 Å². The minimum atomic E-state index is -0.560. The molecule has 0 saturated carbocycles. The van der Waals surface area contributed by atoms with Gasteiger partial charge in [-0.1, -0.05) is 49.9 Å². The van der Waals surface area contributed by atoms with E-state index in [1.807, 2.05) is 48.5 Å². The van der Waals surface area contributed by atoms with Gasteiger partial charge in [0.15, 0.2) is 6.61 Å². The first-order valence-electron chi connectivity index (χ1n) is 11.5. The van der Waals surface area contributed by atoms with Gasteiger partial charge in [-0.25, -0.2) is 4.79 Å². The molecule has 7 nitrogen and oxygen atoms in total. The van der Waals surface area contributed by atoms with E-state index in [2.05, 4.69) is 19.6 Å². The van der Waals surface area contributed by atoms with E-state index in [0.29, 0.717) is 29.4 Å². The van der Waals surface area contributed by atoms with Crippen molar-refractivity contribution >= 4 is 5.97 Å². The van der Waals surface area contributed by atoms with E-state index in [1.54, 1.807) is 24.3 Å². The van der Waals surface area contributed by atoms with Crippen LogP contribution in [0.15, 0.2) is 90.8 Å². The summed E-state index contributed by atoms with van der Waals surface area (Å²) in [4.78, 5) is 12.4. The fourth-order valence-electron chi connectivity index (χ4n) is 3.91. The molecule has 0 fully saturated rings. The number of rotatable bonds is 9. The third-order valence-corrected chi connectivity index (χ3v) is 5.67. The summed E-state index contributed by atoms with van der Waals surface area (Å²) in [6.45, 7) is 5.84. The van der Waals surface area contributed by atoms with Crippen LogP contribution in [0, 0.1) is 11.3 Å². The van der Waals surface area contributed by atoms with Crippen molar-refractivity contribution in [3.8, 4) is 29.1 Å². The number of nitrogens with two attached hydrogens (primary N) is 1. The summed E-state index contributed by atoms with van der Waals surface area (Å²) >= 11 is 0. The predicted molar refractivity (Wildman–Crippen MR) is 135 cm³/mol. The van der Waals surface area contributed by atoms with Crippen LogP contribution in [0.5, 0.6) is 23.0 Å². The Hall–Kier alpha value is -4.70. The van der Waals surface area contributed by atoms with Crippen molar-refractivity contribution in [1.82, 2.24) is 0 Å². The Balaban J connectivity index is 1.52. The van der Waals surface area contributed by atoms with Gasteiger partial charge in [0, 0.05) is 11.6 Å². The topological polar surface area (TPSA) is 104 Å². The molecule has 1 aliphatic heterocycles. The number of carbonyl (C=O) groups is 1. The number of esters is 1. The largest absolute Gasteiger partial charge is 0.490 e. The minimum Gasteiger partial charge on any atom is -0.490 e.